The second-order valence-corrected chi connectivity index (χ2v) is 6.31. The summed E-state index contributed by atoms with van der Waals surface area (Å²) in [5, 5.41) is 17.8. The molecule has 1 aliphatic carbocycles. The molecule has 0 aromatic rings. The van der Waals surface area contributed by atoms with Gasteiger partial charge in [0, 0.05) is 0 Å². The zero-order valence-corrected chi connectivity index (χ0v) is 9.73. The summed E-state index contributed by atoms with van der Waals surface area (Å²) in [5.74, 6) is -0.284. The molecule has 0 saturated carbocycles. The van der Waals surface area contributed by atoms with Gasteiger partial charge in [-0.3, -0.25) is 0 Å². The molecule has 2 nitrogen and oxygen atoms in total. The summed E-state index contributed by atoms with van der Waals surface area (Å²) in [6.45, 7) is 0. The first-order chi connectivity index (χ1) is 5.79. The van der Waals surface area contributed by atoms with Gasteiger partial charge in [-0.25, -0.2) is 0 Å². The predicted octanol–water partition coefficient (Wildman–Crippen LogP) is 0.454. The Bertz CT molecular complexity index is 332. The first-order valence-electron chi connectivity index (χ1n) is 3.30. The number of hydrogen-bond acceptors (Lipinski definition) is 2. The molecule has 12 heavy (non-hydrogen) atoms. The second-order valence-electron chi connectivity index (χ2n) is 2.38. The molecule has 0 radical (unpaired) electrons. The van der Waals surface area contributed by atoms with Crippen molar-refractivity contribution < 1.29 is 0 Å². The standard InChI is InChI=1S/C8H6N2Se2/c9-5-7-3-1-2-4-8(7,6-10)12-11/h1-4,7,12H. The van der Waals surface area contributed by atoms with Crippen molar-refractivity contribution in [2.75, 3.05) is 0 Å². The van der Waals surface area contributed by atoms with E-state index in [1.807, 2.05) is 18.2 Å². The Labute approximate surface area is 83.4 Å². The average molecular weight is 288 g/mol. The van der Waals surface area contributed by atoms with E-state index in [1.165, 1.54) is 0 Å². The van der Waals surface area contributed by atoms with Crippen molar-refractivity contribution >= 4 is 26.3 Å². The molecule has 2 atom stereocenters. The maximum absolute atomic E-state index is 8.96. The van der Waals surface area contributed by atoms with Crippen LogP contribution < -0.4 is 0 Å². The van der Waals surface area contributed by atoms with E-state index in [0.29, 0.717) is 0 Å². The van der Waals surface area contributed by atoms with Crippen LogP contribution in [0.15, 0.2) is 24.3 Å². The van der Waals surface area contributed by atoms with Gasteiger partial charge in [-0.1, -0.05) is 0 Å². The van der Waals surface area contributed by atoms with Crippen LogP contribution >= 0.6 is 0 Å². The Morgan fingerprint density at radius 1 is 1.42 bits per heavy atom. The zero-order chi connectivity index (χ0) is 9.03. The number of nitrogens with zero attached hydrogens (tertiary/aromatic N) is 2. The van der Waals surface area contributed by atoms with Crippen LogP contribution in [-0.4, -0.2) is 26.3 Å². The minimum absolute atomic E-state index is 0.253. The van der Waals surface area contributed by atoms with E-state index in [2.05, 4.69) is 25.8 Å². The van der Waals surface area contributed by atoms with Crippen molar-refractivity contribution in [3.63, 3.8) is 0 Å². The maximum atomic E-state index is 8.96. The van der Waals surface area contributed by atoms with Crippen LogP contribution in [0.1, 0.15) is 0 Å². The van der Waals surface area contributed by atoms with Crippen molar-refractivity contribution in [3.05, 3.63) is 24.3 Å². The van der Waals surface area contributed by atoms with E-state index in [4.69, 9.17) is 10.5 Å². The number of rotatable bonds is 1. The minimum atomic E-state index is -0.556. The summed E-state index contributed by atoms with van der Waals surface area (Å²) in [6, 6.07) is 4.36. The molecular weight excluding hydrogens is 282 g/mol. The first-order valence-corrected chi connectivity index (χ1v) is 8.99. The fourth-order valence-electron chi connectivity index (χ4n) is 0.984. The van der Waals surface area contributed by atoms with Gasteiger partial charge >= 0.3 is 83.4 Å². The van der Waals surface area contributed by atoms with E-state index in [-0.39, 0.29) is 18.5 Å². The average Bonchev–Trinajstić information content (AvgIpc) is 2.17. The Morgan fingerprint density at radius 2 is 2.17 bits per heavy atom. The van der Waals surface area contributed by atoms with Gasteiger partial charge in [0.25, 0.3) is 0 Å². The van der Waals surface area contributed by atoms with Gasteiger partial charge < -0.3 is 0 Å². The van der Waals surface area contributed by atoms with Crippen LogP contribution in [0.25, 0.3) is 0 Å². The Balaban J connectivity index is 3.13. The van der Waals surface area contributed by atoms with E-state index in [0.717, 1.165) is 0 Å². The van der Waals surface area contributed by atoms with E-state index in [1.54, 1.807) is 6.08 Å². The van der Waals surface area contributed by atoms with E-state index >= 15 is 0 Å². The normalized spacial score (nSPS) is 32.3. The topological polar surface area (TPSA) is 47.6 Å². The Kier molecular flexibility index (Phi) is 3.15. The summed E-state index contributed by atoms with van der Waals surface area (Å²) in [6.07, 6.45) is 7.28. The van der Waals surface area contributed by atoms with Gasteiger partial charge in [0.2, 0.25) is 0 Å². The molecule has 1 rings (SSSR count). The van der Waals surface area contributed by atoms with Crippen molar-refractivity contribution in [2.24, 2.45) is 5.92 Å². The molecule has 0 heterocycles. The molecule has 0 saturated heterocycles. The second kappa shape index (κ2) is 3.94. The summed E-state index contributed by atoms with van der Waals surface area (Å²) in [7, 11) is 0. The SMILES string of the molecule is N#CC1C=CC=CC1(C#N)[SeH]=[Se]. The van der Waals surface area contributed by atoms with Gasteiger partial charge in [-0.15, -0.1) is 0 Å². The molecular formula is C8H6N2Se2. The van der Waals surface area contributed by atoms with E-state index in [9.17, 15) is 0 Å². The first kappa shape index (κ1) is 9.59. The number of nitriles is 2. The molecule has 60 valence electrons. The third kappa shape index (κ3) is 1.48. The number of allylic oxidation sites excluding steroid dienone is 4. The summed E-state index contributed by atoms with van der Waals surface area (Å²) in [4.78, 5) is 0. The van der Waals surface area contributed by atoms with Gasteiger partial charge in [0.1, 0.15) is 0 Å². The van der Waals surface area contributed by atoms with Gasteiger partial charge in [0.05, 0.1) is 0 Å². The summed E-state index contributed by atoms with van der Waals surface area (Å²) in [5.41, 5.74) is 0. The Morgan fingerprint density at radius 3 is 2.58 bits per heavy atom. The number of hydrogen-bond donors (Lipinski definition) is 0. The van der Waals surface area contributed by atoms with Gasteiger partial charge in [-0.2, -0.15) is 0 Å². The van der Waals surface area contributed by atoms with Crippen molar-refractivity contribution in [3.8, 4) is 12.1 Å². The molecule has 0 amide bonds. The fourth-order valence-corrected chi connectivity index (χ4v) is 4.26. The summed E-state index contributed by atoms with van der Waals surface area (Å²) < 4.78 is -0.556. The van der Waals surface area contributed by atoms with Crippen molar-refractivity contribution in [1.29, 1.82) is 10.5 Å². The van der Waals surface area contributed by atoms with Crippen molar-refractivity contribution in [2.45, 2.75) is 4.31 Å². The quantitative estimate of drug-likeness (QED) is 0.658. The van der Waals surface area contributed by atoms with Gasteiger partial charge in [-0.05, 0) is 0 Å². The fraction of sp³-hybridized carbons (Fsp3) is 0.250. The molecule has 0 fully saturated rings. The van der Waals surface area contributed by atoms with Crippen LogP contribution in [0.5, 0.6) is 0 Å². The molecule has 0 N–H and O–H groups in total. The molecule has 0 bridgehead atoms. The molecule has 4 heteroatoms. The molecule has 0 aliphatic heterocycles. The molecule has 1 aliphatic rings. The van der Waals surface area contributed by atoms with E-state index < -0.39 is 4.31 Å². The predicted molar refractivity (Wildman–Crippen MR) is 48.6 cm³/mol. The van der Waals surface area contributed by atoms with Crippen LogP contribution in [-0.2, 0) is 0 Å². The van der Waals surface area contributed by atoms with Crippen LogP contribution in [0.3, 0.4) is 0 Å². The molecule has 0 aromatic carbocycles. The van der Waals surface area contributed by atoms with Crippen LogP contribution in [0, 0.1) is 28.6 Å². The molecule has 0 spiro atoms. The van der Waals surface area contributed by atoms with Crippen LogP contribution in [0.2, 0.25) is 4.31 Å². The summed E-state index contributed by atoms with van der Waals surface area (Å²) >= 11 is 2.65. The third-order valence-electron chi connectivity index (χ3n) is 1.71. The van der Waals surface area contributed by atoms with Gasteiger partial charge in [0.15, 0.2) is 0 Å². The zero-order valence-electron chi connectivity index (χ0n) is 6.14. The van der Waals surface area contributed by atoms with Crippen LogP contribution in [0.4, 0.5) is 0 Å². The molecule has 0 aromatic heterocycles. The Hall–Kier alpha value is -0.501. The third-order valence-corrected chi connectivity index (χ3v) is 6.74. The monoisotopic (exact) mass is 290 g/mol. The molecule has 2 unspecified atom stereocenters. The van der Waals surface area contributed by atoms with Crippen molar-refractivity contribution in [1.82, 2.24) is 0 Å².